The van der Waals surface area contributed by atoms with E-state index in [4.69, 9.17) is 4.74 Å². The lowest BCUT2D eigenvalue weighted by atomic mass is 10.2. The molecular weight excluding hydrogens is 224 g/mol. The minimum atomic E-state index is 0.439. The van der Waals surface area contributed by atoms with E-state index in [1.165, 1.54) is 24.1 Å². The fraction of sp³-hybridized carbons (Fsp3) is 0.600. The normalized spacial score (nSPS) is 19.1. The van der Waals surface area contributed by atoms with Crippen LogP contribution in [-0.2, 0) is 4.74 Å². The zero-order valence-corrected chi connectivity index (χ0v) is 11.5. The molecule has 1 atom stereocenters. The summed E-state index contributed by atoms with van der Waals surface area (Å²) in [5, 5.41) is 3.48. The van der Waals surface area contributed by atoms with Crippen LogP contribution >= 0.6 is 0 Å². The monoisotopic (exact) mass is 248 g/mol. The highest BCUT2D eigenvalue weighted by Gasteiger charge is 2.14. The van der Waals surface area contributed by atoms with Gasteiger partial charge in [0.05, 0.1) is 6.10 Å². The average molecular weight is 248 g/mol. The van der Waals surface area contributed by atoms with Crippen LogP contribution in [0.4, 0.5) is 5.69 Å². The molecule has 0 aliphatic carbocycles. The molecule has 0 saturated carbocycles. The van der Waals surface area contributed by atoms with Gasteiger partial charge in [-0.1, -0.05) is 12.1 Å². The molecule has 0 spiro atoms. The summed E-state index contributed by atoms with van der Waals surface area (Å²) in [6.07, 6.45) is 2.87. The first-order valence-corrected chi connectivity index (χ1v) is 6.86. The Morgan fingerprint density at radius 2 is 2.33 bits per heavy atom. The highest BCUT2D eigenvalue weighted by molar-refractivity contribution is 5.47. The predicted molar refractivity (Wildman–Crippen MR) is 76.3 cm³/mol. The Morgan fingerprint density at radius 3 is 3.06 bits per heavy atom. The van der Waals surface area contributed by atoms with Crippen molar-refractivity contribution in [3.8, 4) is 0 Å². The van der Waals surface area contributed by atoms with Crippen LogP contribution in [0, 0.1) is 6.92 Å². The van der Waals surface area contributed by atoms with Crippen molar-refractivity contribution in [3.63, 3.8) is 0 Å². The fourth-order valence-corrected chi connectivity index (χ4v) is 2.31. The number of ether oxygens (including phenoxy) is 1. The molecule has 2 rings (SSSR count). The van der Waals surface area contributed by atoms with Crippen LogP contribution in [-0.4, -0.2) is 39.4 Å². The van der Waals surface area contributed by atoms with Crippen LogP contribution in [0.1, 0.15) is 18.4 Å². The maximum Gasteiger partial charge on any atom is 0.0700 e. The molecule has 1 aromatic carbocycles. The van der Waals surface area contributed by atoms with Gasteiger partial charge < -0.3 is 15.0 Å². The molecule has 1 aromatic rings. The van der Waals surface area contributed by atoms with E-state index in [0.29, 0.717) is 6.10 Å². The number of benzene rings is 1. The zero-order valence-electron chi connectivity index (χ0n) is 11.5. The van der Waals surface area contributed by atoms with Gasteiger partial charge in [-0.3, -0.25) is 0 Å². The third-order valence-corrected chi connectivity index (χ3v) is 3.46. The van der Waals surface area contributed by atoms with Crippen molar-refractivity contribution in [1.29, 1.82) is 0 Å². The van der Waals surface area contributed by atoms with Crippen molar-refractivity contribution in [2.75, 3.05) is 38.2 Å². The number of hydrogen-bond donors (Lipinski definition) is 1. The Morgan fingerprint density at radius 1 is 1.44 bits per heavy atom. The van der Waals surface area contributed by atoms with Crippen LogP contribution in [0.5, 0.6) is 0 Å². The molecule has 1 aliphatic heterocycles. The summed E-state index contributed by atoms with van der Waals surface area (Å²) < 4.78 is 5.58. The largest absolute Gasteiger partial charge is 0.377 e. The highest BCUT2D eigenvalue weighted by Crippen LogP contribution is 2.13. The standard InChI is InChI=1S/C15H24N2O/c1-13-5-3-6-14(11-13)17(2)9-8-16-12-15-7-4-10-18-15/h3,5-6,11,15-16H,4,7-10,12H2,1-2H3. The molecule has 3 heteroatoms. The summed E-state index contributed by atoms with van der Waals surface area (Å²) in [7, 11) is 2.14. The molecule has 1 N–H and O–H groups in total. The lowest BCUT2D eigenvalue weighted by Crippen LogP contribution is -2.33. The molecule has 0 radical (unpaired) electrons. The van der Waals surface area contributed by atoms with Gasteiger partial charge in [-0.25, -0.2) is 0 Å². The molecule has 0 aromatic heterocycles. The molecule has 0 bridgehead atoms. The van der Waals surface area contributed by atoms with Gasteiger partial charge in [0.2, 0.25) is 0 Å². The second-order valence-corrected chi connectivity index (χ2v) is 5.10. The van der Waals surface area contributed by atoms with Crippen LogP contribution in [0.3, 0.4) is 0 Å². The molecule has 18 heavy (non-hydrogen) atoms. The summed E-state index contributed by atoms with van der Waals surface area (Å²) in [6.45, 7) is 6.09. The summed E-state index contributed by atoms with van der Waals surface area (Å²) in [5.74, 6) is 0. The second-order valence-electron chi connectivity index (χ2n) is 5.10. The van der Waals surface area contributed by atoms with Crippen LogP contribution < -0.4 is 10.2 Å². The van der Waals surface area contributed by atoms with Gasteiger partial charge in [-0.2, -0.15) is 0 Å². The first-order valence-electron chi connectivity index (χ1n) is 6.86. The summed E-state index contributed by atoms with van der Waals surface area (Å²) >= 11 is 0. The molecular formula is C15H24N2O. The highest BCUT2D eigenvalue weighted by atomic mass is 16.5. The lowest BCUT2D eigenvalue weighted by molar-refractivity contribution is 0.110. The van der Waals surface area contributed by atoms with Gasteiger partial charge >= 0.3 is 0 Å². The van der Waals surface area contributed by atoms with Gasteiger partial charge in [-0.05, 0) is 37.5 Å². The van der Waals surface area contributed by atoms with E-state index in [1.807, 2.05) is 0 Å². The minimum Gasteiger partial charge on any atom is -0.377 e. The first kappa shape index (κ1) is 13.4. The first-order chi connectivity index (χ1) is 8.75. The fourth-order valence-electron chi connectivity index (χ4n) is 2.31. The number of nitrogens with zero attached hydrogens (tertiary/aromatic N) is 1. The topological polar surface area (TPSA) is 24.5 Å². The van der Waals surface area contributed by atoms with E-state index in [1.54, 1.807) is 0 Å². The van der Waals surface area contributed by atoms with E-state index in [2.05, 4.69) is 48.5 Å². The van der Waals surface area contributed by atoms with Crippen molar-refractivity contribution < 1.29 is 4.74 Å². The van der Waals surface area contributed by atoms with Gasteiger partial charge in [0.15, 0.2) is 0 Å². The van der Waals surface area contributed by atoms with E-state index >= 15 is 0 Å². The minimum absolute atomic E-state index is 0.439. The molecule has 100 valence electrons. The van der Waals surface area contributed by atoms with Crippen molar-refractivity contribution in [1.82, 2.24) is 5.32 Å². The number of rotatable bonds is 6. The Labute approximate surface area is 110 Å². The van der Waals surface area contributed by atoms with Crippen molar-refractivity contribution in [2.45, 2.75) is 25.9 Å². The number of likely N-dealkylation sites (N-methyl/N-ethyl adjacent to an activating group) is 1. The SMILES string of the molecule is Cc1cccc(N(C)CCNCC2CCCO2)c1. The van der Waals surface area contributed by atoms with Crippen LogP contribution in [0.25, 0.3) is 0 Å². The van der Waals surface area contributed by atoms with Gasteiger partial charge in [0.25, 0.3) is 0 Å². The third kappa shape index (κ3) is 4.00. The third-order valence-electron chi connectivity index (χ3n) is 3.46. The van der Waals surface area contributed by atoms with E-state index in [9.17, 15) is 0 Å². The molecule has 1 saturated heterocycles. The Balaban J connectivity index is 1.66. The number of nitrogens with one attached hydrogen (secondary N) is 1. The Kier molecular flexibility index (Phi) is 5.02. The summed E-state index contributed by atoms with van der Waals surface area (Å²) in [6, 6.07) is 8.63. The van der Waals surface area contributed by atoms with E-state index < -0.39 is 0 Å². The maximum absolute atomic E-state index is 5.58. The number of aryl methyl sites for hydroxylation is 1. The molecule has 1 fully saturated rings. The molecule has 1 aliphatic rings. The van der Waals surface area contributed by atoms with Crippen molar-refractivity contribution >= 4 is 5.69 Å². The number of anilines is 1. The lowest BCUT2D eigenvalue weighted by Gasteiger charge is -2.20. The Hall–Kier alpha value is -1.06. The molecule has 1 unspecified atom stereocenters. The van der Waals surface area contributed by atoms with Gasteiger partial charge in [0, 0.05) is 39.0 Å². The van der Waals surface area contributed by atoms with Crippen LogP contribution in [0.2, 0.25) is 0 Å². The van der Waals surface area contributed by atoms with Crippen molar-refractivity contribution in [2.24, 2.45) is 0 Å². The van der Waals surface area contributed by atoms with Crippen LogP contribution in [0.15, 0.2) is 24.3 Å². The maximum atomic E-state index is 5.58. The van der Waals surface area contributed by atoms with E-state index in [-0.39, 0.29) is 0 Å². The summed E-state index contributed by atoms with van der Waals surface area (Å²) in [5.41, 5.74) is 2.60. The molecule has 1 heterocycles. The number of hydrogen-bond acceptors (Lipinski definition) is 3. The predicted octanol–water partition coefficient (Wildman–Crippen LogP) is 2.20. The van der Waals surface area contributed by atoms with E-state index in [0.717, 1.165) is 26.2 Å². The quantitative estimate of drug-likeness (QED) is 0.781. The smallest absolute Gasteiger partial charge is 0.0700 e. The average Bonchev–Trinajstić information content (AvgIpc) is 2.87. The molecule has 0 amide bonds. The zero-order chi connectivity index (χ0) is 12.8. The second kappa shape index (κ2) is 6.76. The molecule has 3 nitrogen and oxygen atoms in total. The Bertz CT molecular complexity index is 361. The van der Waals surface area contributed by atoms with Crippen molar-refractivity contribution in [3.05, 3.63) is 29.8 Å². The van der Waals surface area contributed by atoms with Gasteiger partial charge in [0.1, 0.15) is 0 Å². The summed E-state index contributed by atoms with van der Waals surface area (Å²) in [4.78, 5) is 2.29. The van der Waals surface area contributed by atoms with Gasteiger partial charge in [-0.15, -0.1) is 0 Å².